The highest BCUT2D eigenvalue weighted by Crippen LogP contribution is 2.23. The Hall–Kier alpha value is -2.61. The van der Waals surface area contributed by atoms with Gasteiger partial charge in [0.05, 0.1) is 19.3 Å². The minimum Gasteiger partial charge on any atom is -0.496 e. The second kappa shape index (κ2) is 7.59. The van der Waals surface area contributed by atoms with Gasteiger partial charge in [0.25, 0.3) is 0 Å². The van der Waals surface area contributed by atoms with Crippen LogP contribution in [0.3, 0.4) is 0 Å². The summed E-state index contributed by atoms with van der Waals surface area (Å²) >= 11 is 0. The highest BCUT2D eigenvalue weighted by molar-refractivity contribution is 5.74. The Bertz CT molecular complexity index is 658. The van der Waals surface area contributed by atoms with Crippen molar-refractivity contribution in [1.29, 1.82) is 0 Å². The van der Waals surface area contributed by atoms with Gasteiger partial charge in [0.1, 0.15) is 12.1 Å². The zero-order valence-electron chi connectivity index (χ0n) is 13.4. The molecule has 8 nitrogen and oxygen atoms in total. The number of carbonyl (C=O) groups excluding carboxylic acids is 1. The van der Waals surface area contributed by atoms with Crippen LogP contribution in [0, 0.1) is 0 Å². The Morgan fingerprint density at radius 1 is 1.43 bits per heavy atom. The number of carbonyl (C=O) groups is 1. The van der Waals surface area contributed by atoms with E-state index in [9.17, 15) is 9.90 Å². The normalized spacial score (nSPS) is 13.2. The Kier molecular flexibility index (Phi) is 5.53. The van der Waals surface area contributed by atoms with Gasteiger partial charge in [0, 0.05) is 19.2 Å². The van der Waals surface area contributed by atoms with Gasteiger partial charge in [0.15, 0.2) is 5.82 Å². The van der Waals surface area contributed by atoms with Crippen LogP contribution in [-0.2, 0) is 7.05 Å². The van der Waals surface area contributed by atoms with E-state index in [4.69, 9.17) is 4.74 Å². The summed E-state index contributed by atoms with van der Waals surface area (Å²) in [7, 11) is 3.34. The van der Waals surface area contributed by atoms with E-state index in [-0.39, 0.29) is 12.6 Å². The van der Waals surface area contributed by atoms with E-state index in [2.05, 4.69) is 20.8 Å². The average molecular weight is 319 g/mol. The number of ether oxygens (including phenoxy) is 1. The molecule has 124 valence electrons. The van der Waals surface area contributed by atoms with Crippen molar-refractivity contribution in [3.05, 3.63) is 42.0 Å². The van der Waals surface area contributed by atoms with Crippen LogP contribution in [0.25, 0.3) is 0 Å². The topological polar surface area (TPSA) is 101 Å². The lowest BCUT2D eigenvalue weighted by Crippen LogP contribution is -2.39. The summed E-state index contributed by atoms with van der Waals surface area (Å²) in [5.74, 6) is 1.22. The van der Waals surface area contributed by atoms with Crippen LogP contribution in [0.1, 0.15) is 30.5 Å². The van der Waals surface area contributed by atoms with Crippen LogP contribution in [0.15, 0.2) is 30.6 Å². The number of aromatic nitrogens is 3. The van der Waals surface area contributed by atoms with Gasteiger partial charge in [-0.05, 0) is 13.0 Å². The van der Waals surface area contributed by atoms with E-state index in [1.807, 2.05) is 6.07 Å². The predicted molar refractivity (Wildman–Crippen MR) is 83.9 cm³/mol. The fourth-order valence-corrected chi connectivity index (χ4v) is 2.24. The second-order valence-electron chi connectivity index (χ2n) is 5.13. The lowest BCUT2D eigenvalue weighted by molar-refractivity contribution is 0.168. The van der Waals surface area contributed by atoms with Crippen LogP contribution in [0.2, 0.25) is 0 Å². The number of hydrogen-bond donors (Lipinski definition) is 3. The van der Waals surface area contributed by atoms with Crippen molar-refractivity contribution in [2.24, 2.45) is 7.05 Å². The van der Waals surface area contributed by atoms with Crippen LogP contribution in [-0.4, -0.2) is 39.6 Å². The number of methoxy groups -OCH3 is 1. The van der Waals surface area contributed by atoms with E-state index in [0.717, 1.165) is 0 Å². The number of aliphatic hydroxyl groups excluding tert-OH is 1. The van der Waals surface area contributed by atoms with Gasteiger partial charge < -0.3 is 25.0 Å². The molecule has 2 aromatic rings. The summed E-state index contributed by atoms with van der Waals surface area (Å²) in [5.41, 5.74) is 0.622. The summed E-state index contributed by atoms with van der Waals surface area (Å²) < 4.78 is 6.92. The smallest absolute Gasteiger partial charge is 0.315 e. The standard InChI is InChI=1S/C15H21N5O3/c1-10(14-19-17-9-20(14)2)18-15(22)16-8-12(21)11-6-4-5-7-13(11)23-3/h4-7,9-10,12,21H,8H2,1-3H3,(H2,16,18,22)/t10-,12-/m1/s1. The first-order valence-corrected chi connectivity index (χ1v) is 7.22. The van der Waals surface area contributed by atoms with Gasteiger partial charge in [-0.2, -0.15) is 0 Å². The molecule has 1 aromatic carbocycles. The molecule has 0 aliphatic heterocycles. The first-order chi connectivity index (χ1) is 11.0. The molecular formula is C15H21N5O3. The highest BCUT2D eigenvalue weighted by atomic mass is 16.5. The number of benzene rings is 1. The van der Waals surface area contributed by atoms with Gasteiger partial charge in [-0.1, -0.05) is 18.2 Å². The van der Waals surface area contributed by atoms with Crippen LogP contribution in [0.4, 0.5) is 4.79 Å². The fourth-order valence-electron chi connectivity index (χ4n) is 2.24. The van der Waals surface area contributed by atoms with Crippen molar-refractivity contribution >= 4 is 6.03 Å². The van der Waals surface area contributed by atoms with Gasteiger partial charge in [-0.3, -0.25) is 0 Å². The van der Waals surface area contributed by atoms with Crippen molar-refractivity contribution in [2.45, 2.75) is 19.1 Å². The number of urea groups is 1. The van der Waals surface area contributed by atoms with E-state index in [1.165, 1.54) is 7.11 Å². The number of rotatable bonds is 6. The number of nitrogens with one attached hydrogen (secondary N) is 2. The maximum atomic E-state index is 11.9. The number of nitrogens with zero attached hydrogens (tertiary/aromatic N) is 3. The van der Waals surface area contributed by atoms with Crippen molar-refractivity contribution in [2.75, 3.05) is 13.7 Å². The van der Waals surface area contributed by atoms with Crippen molar-refractivity contribution in [3.8, 4) is 5.75 Å². The molecule has 3 N–H and O–H groups in total. The van der Waals surface area contributed by atoms with Crippen LogP contribution < -0.4 is 15.4 Å². The van der Waals surface area contributed by atoms with Gasteiger partial charge in [0.2, 0.25) is 0 Å². The number of para-hydroxylation sites is 1. The molecule has 0 radical (unpaired) electrons. The Labute approximate surface area is 134 Å². The van der Waals surface area contributed by atoms with Crippen molar-refractivity contribution in [1.82, 2.24) is 25.4 Å². The third kappa shape index (κ3) is 4.19. The number of hydrogen-bond acceptors (Lipinski definition) is 5. The molecule has 2 atom stereocenters. The molecule has 2 rings (SSSR count). The van der Waals surface area contributed by atoms with Crippen molar-refractivity contribution in [3.63, 3.8) is 0 Å². The molecule has 1 aromatic heterocycles. The molecule has 0 aliphatic rings. The maximum absolute atomic E-state index is 11.9. The molecule has 0 saturated heterocycles. The zero-order valence-corrected chi connectivity index (χ0v) is 13.4. The third-order valence-electron chi connectivity index (χ3n) is 3.44. The quantitative estimate of drug-likeness (QED) is 0.735. The monoisotopic (exact) mass is 319 g/mol. The summed E-state index contributed by atoms with van der Waals surface area (Å²) in [4.78, 5) is 11.9. The van der Waals surface area contributed by atoms with E-state index < -0.39 is 12.1 Å². The molecule has 0 fully saturated rings. The minimum atomic E-state index is -0.859. The summed E-state index contributed by atoms with van der Waals surface area (Å²) in [6.45, 7) is 1.87. The first-order valence-electron chi connectivity index (χ1n) is 7.22. The molecule has 0 unspecified atom stereocenters. The van der Waals surface area contributed by atoms with E-state index in [1.54, 1.807) is 43.1 Å². The second-order valence-corrected chi connectivity index (χ2v) is 5.13. The van der Waals surface area contributed by atoms with Crippen LogP contribution in [0.5, 0.6) is 5.75 Å². The molecule has 1 heterocycles. The molecule has 0 bridgehead atoms. The largest absolute Gasteiger partial charge is 0.496 e. The van der Waals surface area contributed by atoms with Gasteiger partial charge >= 0.3 is 6.03 Å². The summed E-state index contributed by atoms with van der Waals surface area (Å²) in [6.07, 6.45) is 0.707. The summed E-state index contributed by atoms with van der Waals surface area (Å²) in [5, 5.41) is 23.3. The molecule has 0 saturated carbocycles. The Balaban J connectivity index is 1.88. The molecular weight excluding hydrogens is 298 g/mol. The minimum absolute atomic E-state index is 0.0672. The molecule has 0 aliphatic carbocycles. The van der Waals surface area contributed by atoms with E-state index >= 15 is 0 Å². The lowest BCUT2D eigenvalue weighted by Gasteiger charge is -2.17. The molecule has 0 spiro atoms. The van der Waals surface area contributed by atoms with E-state index in [0.29, 0.717) is 17.1 Å². The maximum Gasteiger partial charge on any atom is 0.315 e. The van der Waals surface area contributed by atoms with Crippen LogP contribution >= 0.6 is 0 Å². The number of aryl methyl sites for hydroxylation is 1. The fraction of sp³-hybridized carbons (Fsp3) is 0.400. The van der Waals surface area contributed by atoms with Gasteiger partial charge in [-0.25, -0.2) is 4.79 Å². The van der Waals surface area contributed by atoms with Crippen molar-refractivity contribution < 1.29 is 14.6 Å². The number of aliphatic hydroxyl groups is 1. The lowest BCUT2D eigenvalue weighted by atomic mass is 10.1. The third-order valence-corrected chi connectivity index (χ3v) is 3.44. The molecule has 8 heteroatoms. The molecule has 23 heavy (non-hydrogen) atoms. The Morgan fingerprint density at radius 2 is 2.17 bits per heavy atom. The zero-order chi connectivity index (χ0) is 16.8. The average Bonchev–Trinajstić information content (AvgIpc) is 2.98. The molecule has 2 amide bonds. The number of amides is 2. The van der Waals surface area contributed by atoms with Gasteiger partial charge in [-0.15, -0.1) is 10.2 Å². The SMILES string of the molecule is COc1ccccc1[C@H](O)CNC(=O)N[C@H](C)c1nncn1C. The summed E-state index contributed by atoms with van der Waals surface area (Å²) in [6, 6.07) is 6.44. The first kappa shape index (κ1) is 16.8. The highest BCUT2D eigenvalue weighted by Gasteiger charge is 2.16. The predicted octanol–water partition coefficient (Wildman–Crippen LogP) is 0.917. The Morgan fingerprint density at radius 3 is 2.83 bits per heavy atom.